The molecule has 4 aliphatic rings. The summed E-state index contributed by atoms with van der Waals surface area (Å²) in [4.78, 5) is 66.9. The minimum atomic E-state index is -1.18. The van der Waals surface area contributed by atoms with Gasteiger partial charge in [0, 0.05) is 28.2 Å². The maximum absolute atomic E-state index is 13.9. The number of phenolic OH excluding ortho intramolecular Hbond substituents is 1. The molecule has 4 atom stereocenters. The minimum absolute atomic E-state index is 0.0543. The monoisotopic (exact) mass is 539 g/mol. The number of carboxylic acid groups (broad SMARTS) is 1. The number of aromatic hydroxyl groups is 1. The van der Waals surface area contributed by atoms with Gasteiger partial charge < -0.3 is 14.9 Å². The smallest absolute Gasteiger partial charge is 0.335 e. The highest BCUT2D eigenvalue weighted by atomic mass is 16.5. The summed E-state index contributed by atoms with van der Waals surface area (Å²) in [5.41, 5.74) is 2.03. The predicted molar refractivity (Wildman–Crippen MR) is 142 cm³/mol. The van der Waals surface area contributed by atoms with Crippen molar-refractivity contribution in [1.29, 1.82) is 0 Å². The lowest BCUT2D eigenvalue weighted by molar-refractivity contribution is -0.123. The van der Waals surface area contributed by atoms with E-state index in [1.165, 1.54) is 37.5 Å². The molecule has 0 radical (unpaired) electrons. The number of carbonyl (C=O) groups excluding carboxylic acids is 4. The predicted octanol–water partition coefficient (Wildman–Crippen LogP) is 3.73. The second-order valence-electron chi connectivity index (χ2n) is 10.5. The van der Waals surface area contributed by atoms with Crippen molar-refractivity contribution in [2.24, 2.45) is 17.8 Å². The molecule has 3 aliphatic carbocycles. The largest absolute Gasteiger partial charge is 0.504 e. The van der Waals surface area contributed by atoms with Gasteiger partial charge >= 0.3 is 5.97 Å². The number of allylic oxidation sites excluding steroid dienone is 6. The van der Waals surface area contributed by atoms with Gasteiger partial charge in [-0.2, -0.15) is 0 Å². The number of carbonyl (C=O) groups is 5. The third kappa shape index (κ3) is 3.57. The van der Waals surface area contributed by atoms with Crippen molar-refractivity contribution < 1.29 is 38.9 Å². The summed E-state index contributed by atoms with van der Waals surface area (Å²) >= 11 is 0. The fourth-order valence-electron chi connectivity index (χ4n) is 6.71. The molecule has 1 saturated heterocycles. The molecule has 9 heteroatoms. The van der Waals surface area contributed by atoms with Gasteiger partial charge in [-0.25, -0.2) is 4.79 Å². The van der Waals surface area contributed by atoms with Crippen LogP contribution in [-0.2, 0) is 19.2 Å². The van der Waals surface area contributed by atoms with E-state index in [4.69, 9.17) is 4.74 Å². The number of methoxy groups -OCH3 is 1. The molecule has 1 fully saturated rings. The van der Waals surface area contributed by atoms with Crippen LogP contribution in [0.5, 0.6) is 11.5 Å². The second kappa shape index (κ2) is 9.15. The van der Waals surface area contributed by atoms with Crippen LogP contribution >= 0.6 is 0 Å². The fourth-order valence-corrected chi connectivity index (χ4v) is 6.71. The molecule has 2 amide bonds. The molecule has 1 heterocycles. The summed E-state index contributed by atoms with van der Waals surface area (Å²) in [6.07, 6.45) is 3.47. The summed E-state index contributed by atoms with van der Waals surface area (Å²) in [6, 6.07) is 10.6. The van der Waals surface area contributed by atoms with E-state index in [9.17, 15) is 34.2 Å². The first-order valence-electron chi connectivity index (χ1n) is 12.9. The lowest BCUT2D eigenvalue weighted by Gasteiger charge is -2.42. The normalized spacial score (nSPS) is 25.7. The van der Waals surface area contributed by atoms with E-state index >= 15 is 0 Å². The standard InChI is InChI=1S/C31H25NO8/c1-14-11-22(33)26-21(27(14)34)13-20-17(24(26)18-7-4-8-23(40-2)28(18)35)9-10-19-25(20)30(37)32(29(19)36)16-6-3-5-15(12-16)31(38)39/h3-9,11-12,19-20,24-25,35H,10,13H2,1-2H3,(H,38,39). The van der Waals surface area contributed by atoms with Crippen molar-refractivity contribution in [2.45, 2.75) is 25.7 Å². The van der Waals surface area contributed by atoms with Crippen molar-refractivity contribution in [3.63, 3.8) is 0 Å². The van der Waals surface area contributed by atoms with Crippen LogP contribution in [0.1, 0.15) is 41.6 Å². The number of ether oxygens (including phenoxy) is 1. The molecular formula is C31H25NO8. The maximum Gasteiger partial charge on any atom is 0.335 e. The molecule has 0 aromatic heterocycles. The van der Waals surface area contributed by atoms with Gasteiger partial charge in [-0.15, -0.1) is 0 Å². The molecule has 2 aromatic rings. The average Bonchev–Trinajstić information content (AvgIpc) is 3.20. The molecule has 9 nitrogen and oxygen atoms in total. The van der Waals surface area contributed by atoms with Gasteiger partial charge in [0.25, 0.3) is 0 Å². The molecule has 0 saturated carbocycles. The van der Waals surface area contributed by atoms with Gasteiger partial charge in [0.05, 0.1) is 30.2 Å². The Bertz CT molecular complexity index is 1640. The highest BCUT2D eigenvalue weighted by Crippen LogP contribution is 2.57. The lowest BCUT2D eigenvalue weighted by Crippen LogP contribution is -2.39. The van der Waals surface area contributed by atoms with Crippen LogP contribution in [0, 0.1) is 17.8 Å². The van der Waals surface area contributed by atoms with Crippen molar-refractivity contribution in [2.75, 3.05) is 12.0 Å². The number of anilines is 1. The molecule has 6 rings (SSSR count). The molecule has 1 aliphatic heterocycles. The Morgan fingerprint density at radius 2 is 1.77 bits per heavy atom. The van der Waals surface area contributed by atoms with E-state index < -0.39 is 41.5 Å². The van der Waals surface area contributed by atoms with Gasteiger partial charge in [0.2, 0.25) is 11.8 Å². The Morgan fingerprint density at radius 1 is 1.02 bits per heavy atom. The molecule has 0 spiro atoms. The zero-order chi connectivity index (χ0) is 28.5. The van der Waals surface area contributed by atoms with E-state index in [0.29, 0.717) is 11.1 Å². The third-order valence-corrected chi connectivity index (χ3v) is 8.47. The SMILES string of the molecule is COc1cccc(C2C3=CCC4C(=O)N(c5cccc(C(=O)O)c5)C(=O)C4C3CC3=C2C(=O)C=C(C)C3=O)c1O. The number of ketones is 2. The maximum atomic E-state index is 13.9. The topological polar surface area (TPSA) is 138 Å². The lowest BCUT2D eigenvalue weighted by atomic mass is 9.59. The summed E-state index contributed by atoms with van der Waals surface area (Å²) < 4.78 is 5.31. The number of para-hydroxylation sites is 1. The number of amides is 2. The van der Waals surface area contributed by atoms with Crippen LogP contribution in [0.15, 0.2) is 76.9 Å². The van der Waals surface area contributed by atoms with Crippen LogP contribution in [0.25, 0.3) is 0 Å². The van der Waals surface area contributed by atoms with Crippen LogP contribution in [0.4, 0.5) is 5.69 Å². The van der Waals surface area contributed by atoms with Crippen molar-refractivity contribution in [1.82, 2.24) is 0 Å². The quantitative estimate of drug-likeness (QED) is 0.341. The number of imide groups is 1. The number of Topliss-reactive ketones (excluding diaryl/α,β-unsaturated/α-hetero) is 1. The first-order chi connectivity index (χ1) is 19.1. The Labute approximate surface area is 229 Å². The van der Waals surface area contributed by atoms with Gasteiger partial charge in [-0.05, 0) is 56.0 Å². The van der Waals surface area contributed by atoms with Crippen molar-refractivity contribution >= 4 is 35.0 Å². The second-order valence-corrected chi connectivity index (χ2v) is 10.5. The zero-order valence-corrected chi connectivity index (χ0v) is 21.7. The first kappa shape index (κ1) is 25.5. The molecule has 2 aromatic carbocycles. The molecule has 4 unspecified atom stereocenters. The van der Waals surface area contributed by atoms with Crippen LogP contribution in [0.3, 0.4) is 0 Å². The Hall–Kier alpha value is -4.79. The third-order valence-electron chi connectivity index (χ3n) is 8.47. The average molecular weight is 540 g/mol. The van der Waals surface area contributed by atoms with E-state index in [0.717, 1.165) is 4.90 Å². The summed E-state index contributed by atoms with van der Waals surface area (Å²) in [6.45, 7) is 1.57. The molecule has 0 bridgehead atoms. The number of phenols is 1. The van der Waals surface area contributed by atoms with Gasteiger partial charge in [-0.1, -0.05) is 29.8 Å². The van der Waals surface area contributed by atoms with Gasteiger partial charge in [-0.3, -0.25) is 24.1 Å². The Morgan fingerprint density at radius 3 is 2.50 bits per heavy atom. The van der Waals surface area contributed by atoms with Gasteiger partial charge in [0.1, 0.15) is 0 Å². The first-order valence-corrected chi connectivity index (χ1v) is 12.9. The van der Waals surface area contributed by atoms with Crippen LogP contribution in [0.2, 0.25) is 0 Å². The number of nitrogens with zero attached hydrogens (tertiary/aromatic N) is 1. The van der Waals surface area contributed by atoms with E-state index in [-0.39, 0.29) is 63.9 Å². The number of aromatic carboxylic acids is 1. The number of carboxylic acids is 1. The summed E-state index contributed by atoms with van der Waals surface area (Å²) in [7, 11) is 1.41. The number of hydrogen-bond donors (Lipinski definition) is 2. The highest BCUT2D eigenvalue weighted by molar-refractivity contribution is 6.25. The Balaban J connectivity index is 1.49. The Kier molecular flexibility index (Phi) is 5.83. The fraction of sp³-hybridized carbons (Fsp3) is 0.258. The van der Waals surface area contributed by atoms with E-state index in [1.54, 1.807) is 25.1 Å². The van der Waals surface area contributed by atoms with Crippen LogP contribution < -0.4 is 9.64 Å². The molecule has 202 valence electrons. The molecule has 2 N–H and O–H groups in total. The molecule has 40 heavy (non-hydrogen) atoms. The van der Waals surface area contributed by atoms with Crippen molar-refractivity contribution in [3.8, 4) is 11.5 Å². The van der Waals surface area contributed by atoms with E-state index in [1.807, 2.05) is 6.08 Å². The summed E-state index contributed by atoms with van der Waals surface area (Å²) in [5, 5.41) is 20.5. The zero-order valence-electron chi connectivity index (χ0n) is 21.7. The number of fused-ring (bicyclic) bond motifs is 3. The summed E-state index contributed by atoms with van der Waals surface area (Å²) in [5.74, 6) is -5.61. The minimum Gasteiger partial charge on any atom is -0.504 e. The van der Waals surface area contributed by atoms with Gasteiger partial charge in [0.15, 0.2) is 23.1 Å². The number of hydrogen-bond acceptors (Lipinski definition) is 7. The van der Waals surface area contributed by atoms with Crippen LogP contribution in [-0.4, -0.2) is 46.7 Å². The molecular weight excluding hydrogens is 514 g/mol. The van der Waals surface area contributed by atoms with E-state index in [2.05, 4.69) is 0 Å². The highest BCUT2D eigenvalue weighted by Gasteiger charge is 2.57. The number of rotatable bonds is 4. The number of benzene rings is 2. The van der Waals surface area contributed by atoms with Crippen molar-refractivity contribution in [3.05, 3.63) is 88.0 Å².